The molecule has 146 valence electrons. The second kappa shape index (κ2) is 9.64. The second-order valence-corrected chi connectivity index (χ2v) is 7.96. The first-order chi connectivity index (χ1) is 13.5. The molecule has 0 bridgehead atoms. The fraction of sp³-hybridized carbons (Fsp3) is 0.318. The third kappa shape index (κ3) is 5.52. The van der Waals surface area contributed by atoms with Crippen molar-refractivity contribution in [1.82, 2.24) is 5.43 Å². The van der Waals surface area contributed by atoms with Crippen molar-refractivity contribution in [2.24, 2.45) is 11.0 Å². The van der Waals surface area contributed by atoms with E-state index in [0.717, 1.165) is 41.4 Å². The number of amides is 2. The topological polar surface area (TPSA) is 70.6 Å². The normalized spacial score (nSPS) is 15.1. The van der Waals surface area contributed by atoms with E-state index in [0.29, 0.717) is 11.3 Å². The number of rotatable bonds is 5. The van der Waals surface area contributed by atoms with Gasteiger partial charge in [-0.05, 0) is 61.7 Å². The first kappa shape index (κ1) is 20.3. The molecule has 2 amide bonds. The van der Waals surface area contributed by atoms with Gasteiger partial charge in [-0.1, -0.05) is 47.3 Å². The molecule has 2 aromatic carbocycles. The third-order valence-corrected chi connectivity index (χ3v) is 5.51. The fourth-order valence-electron chi connectivity index (χ4n) is 3.27. The van der Waals surface area contributed by atoms with Crippen LogP contribution in [0, 0.1) is 5.92 Å². The largest absolute Gasteiger partial charge is 0.326 e. The van der Waals surface area contributed by atoms with E-state index < -0.39 is 0 Å². The Labute approximate surface area is 173 Å². The van der Waals surface area contributed by atoms with Crippen LogP contribution < -0.4 is 10.7 Å². The van der Waals surface area contributed by atoms with Crippen LogP contribution in [0.5, 0.6) is 0 Å². The zero-order valence-corrected chi connectivity index (χ0v) is 17.5. The maximum atomic E-state index is 12.3. The van der Waals surface area contributed by atoms with Gasteiger partial charge in [0, 0.05) is 21.6 Å². The van der Waals surface area contributed by atoms with Gasteiger partial charge in [-0.25, -0.2) is 5.43 Å². The van der Waals surface area contributed by atoms with Crippen LogP contribution in [-0.4, -0.2) is 17.5 Å². The van der Waals surface area contributed by atoms with Gasteiger partial charge in [0.1, 0.15) is 0 Å². The molecule has 1 fully saturated rings. The van der Waals surface area contributed by atoms with Gasteiger partial charge in [0.05, 0.1) is 5.71 Å². The lowest BCUT2D eigenvalue weighted by molar-refractivity contribution is -0.120. The van der Waals surface area contributed by atoms with Crippen molar-refractivity contribution >= 4 is 39.1 Å². The molecule has 0 unspecified atom stereocenters. The Morgan fingerprint density at radius 3 is 2.18 bits per heavy atom. The van der Waals surface area contributed by atoms with Crippen LogP contribution in [0.25, 0.3) is 0 Å². The van der Waals surface area contributed by atoms with Crippen LogP contribution >= 0.6 is 15.9 Å². The summed E-state index contributed by atoms with van der Waals surface area (Å²) in [4.78, 5) is 24.5. The molecule has 1 aliphatic carbocycles. The van der Waals surface area contributed by atoms with Gasteiger partial charge in [-0.15, -0.1) is 0 Å². The van der Waals surface area contributed by atoms with Crippen molar-refractivity contribution in [3.05, 3.63) is 64.1 Å². The Morgan fingerprint density at radius 2 is 1.54 bits per heavy atom. The summed E-state index contributed by atoms with van der Waals surface area (Å²) >= 11 is 3.34. The first-order valence-electron chi connectivity index (χ1n) is 9.54. The highest BCUT2D eigenvalue weighted by atomic mass is 79.9. The van der Waals surface area contributed by atoms with Crippen molar-refractivity contribution < 1.29 is 9.59 Å². The Bertz CT molecular complexity index is 854. The predicted octanol–water partition coefficient (Wildman–Crippen LogP) is 5.12. The predicted molar refractivity (Wildman–Crippen MR) is 115 cm³/mol. The molecule has 0 aromatic heterocycles. The van der Waals surface area contributed by atoms with Gasteiger partial charge in [-0.2, -0.15) is 5.10 Å². The van der Waals surface area contributed by atoms with Crippen molar-refractivity contribution in [3.8, 4) is 0 Å². The standard InChI is InChI=1S/C22H24BrN3O2/c1-15(25-26-22(28)18-7-11-19(23)12-8-18)16-9-13-20(14-10-16)24-21(27)17-5-3-2-4-6-17/h7-14,17H,2-6H2,1H3,(H,24,27)(H,26,28). The fourth-order valence-corrected chi connectivity index (χ4v) is 3.53. The molecule has 0 spiro atoms. The third-order valence-electron chi connectivity index (χ3n) is 4.98. The van der Waals surface area contributed by atoms with Crippen molar-refractivity contribution in [1.29, 1.82) is 0 Å². The van der Waals surface area contributed by atoms with Crippen molar-refractivity contribution in [2.75, 3.05) is 5.32 Å². The molecule has 0 radical (unpaired) electrons. The summed E-state index contributed by atoms with van der Waals surface area (Å²) in [5, 5.41) is 7.18. The average molecular weight is 442 g/mol. The van der Waals surface area contributed by atoms with E-state index in [4.69, 9.17) is 0 Å². The molecule has 0 aliphatic heterocycles. The minimum Gasteiger partial charge on any atom is -0.326 e. The zero-order chi connectivity index (χ0) is 19.9. The molecule has 1 aliphatic rings. The van der Waals surface area contributed by atoms with Crippen LogP contribution in [0.1, 0.15) is 54.9 Å². The van der Waals surface area contributed by atoms with Crippen molar-refractivity contribution in [2.45, 2.75) is 39.0 Å². The molecule has 0 heterocycles. The number of carbonyl (C=O) groups excluding carboxylic acids is 2. The smallest absolute Gasteiger partial charge is 0.271 e. The second-order valence-electron chi connectivity index (χ2n) is 7.05. The summed E-state index contributed by atoms with van der Waals surface area (Å²) in [6, 6.07) is 14.6. The van der Waals surface area contributed by atoms with Crippen LogP contribution in [-0.2, 0) is 4.79 Å². The van der Waals surface area contributed by atoms with Gasteiger partial charge in [0.15, 0.2) is 0 Å². The molecular weight excluding hydrogens is 418 g/mol. The van der Waals surface area contributed by atoms with Crippen molar-refractivity contribution in [3.63, 3.8) is 0 Å². The minimum atomic E-state index is -0.261. The Balaban J connectivity index is 1.57. The summed E-state index contributed by atoms with van der Waals surface area (Å²) < 4.78 is 0.916. The number of hydrazone groups is 1. The van der Waals surface area contributed by atoms with E-state index in [2.05, 4.69) is 31.8 Å². The number of benzene rings is 2. The molecular formula is C22H24BrN3O2. The van der Waals surface area contributed by atoms with Gasteiger partial charge >= 0.3 is 0 Å². The van der Waals surface area contributed by atoms with Gasteiger partial charge < -0.3 is 5.32 Å². The maximum absolute atomic E-state index is 12.3. The molecule has 28 heavy (non-hydrogen) atoms. The molecule has 2 N–H and O–H groups in total. The quantitative estimate of drug-likeness (QED) is 0.498. The number of hydrogen-bond acceptors (Lipinski definition) is 3. The summed E-state index contributed by atoms with van der Waals surface area (Å²) in [5.74, 6) is -0.0200. The molecule has 6 heteroatoms. The summed E-state index contributed by atoms with van der Waals surface area (Å²) in [6.07, 6.45) is 5.47. The number of hydrogen-bond donors (Lipinski definition) is 2. The highest BCUT2D eigenvalue weighted by Crippen LogP contribution is 2.25. The minimum absolute atomic E-state index is 0.111. The summed E-state index contributed by atoms with van der Waals surface area (Å²) in [5.41, 5.74) is 5.47. The Kier molecular flexibility index (Phi) is 6.98. The van der Waals surface area contributed by atoms with E-state index in [1.54, 1.807) is 12.1 Å². The highest BCUT2D eigenvalue weighted by Gasteiger charge is 2.20. The number of nitrogens with zero attached hydrogens (tertiary/aromatic N) is 1. The summed E-state index contributed by atoms with van der Waals surface area (Å²) in [6.45, 7) is 1.83. The van der Waals surface area contributed by atoms with E-state index in [1.165, 1.54) is 6.42 Å². The lowest BCUT2D eigenvalue weighted by Gasteiger charge is -2.20. The molecule has 3 rings (SSSR count). The van der Waals surface area contributed by atoms with E-state index in [1.807, 2.05) is 43.3 Å². The molecule has 0 saturated heterocycles. The van der Waals surface area contributed by atoms with Crippen LogP contribution in [0.15, 0.2) is 58.1 Å². The lowest BCUT2D eigenvalue weighted by atomic mass is 9.88. The molecule has 2 aromatic rings. The lowest BCUT2D eigenvalue weighted by Crippen LogP contribution is -2.24. The van der Waals surface area contributed by atoms with Gasteiger partial charge in [0.25, 0.3) is 5.91 Å². The molecule has 1 saturated carbocycles. The Morgan fingerprint density at radius 1 is 0.929 bits per heavy atom. The monoisotopic (exact) mass is 441 g/mol. The van der Waals surface area contributed by atoms with Crippen LogP contribution in [0.4, 0.5) is 5.69 Å². The summed E-state index contributed by atoms with van der Waals surface area (Å²) in [7, 11) is 0. The number of halogens is 1. The average Bonchev–Trinajstić information content (AvgIpc) is 2.73. The zero-order valence-electron chi connectivity index (χ0n) is 15.9. The molecule has 5 nitrogen and oxygen atoms in total. The highest BCUT2D eigenvalue weighted by molar-refractivity contribution is 9.10. The number of anilines is 1. The van der Waals surface area contributed by atoms with Crippen LogP contribution in [0.3, 0.4) is 0 Å². The van der Waals surface area contributed by atoms with E-state index in [9.17, 15) is 9.59 Å². The number of nitrogens with one attached hydrogen (secondary N) is 2. The SMILES string of the molecule is CC(=NNC(=O)c1ccc(Br)cc1)c1ccc(NC(=O)C2CCCCC2)cc1. The van der Waals surface area contributed by atoms with Gasteiger partial charge in [0.2, 0.25) is 5.91 Å². The Hall–Kier alpha value is -2.47. The van der Waals surface area contributed by atoms with E-state index in [-0.39, 0.29) is 17.7 Å². The maximum Gasteiger partial charge on any atom is 0.271 e. The van der Waals surface area contributed by atoms with E-state index >= 15 is 0 Å². The first-order valence-corrected chi connectivity index (χ1v) is 10.3. The van der Waals surface area contributed by atoms with Crippen LogP contribution in [0.2, 0.25) is 0 Å². The number of carbonyl (C=O) groups is 2. The van der Waals surface area contributed by atoms with Gasteiger partial charge in [-0.3, -0.25) is 9.59 Å². The molecule has 0 atom stereocenters.